The number of carbonyl (C=O) groups is 8. The highest BCUT2D eigenvalue weighted by atomic mass is 16.2. The van der Waals surface area contributed by atoms with Gasteiger partial charge in [-0.25, -0.2) is 0 Å². The Labute approximate surface area is 400 Å². The summed E-state index contributed by atoms with van der Waals surface area (Å²) >= 11 is 0. The summed E-state index contributed by atoms with van der Waals surface area (Å²) in [4.78, 5) is 111. The summed E-state index contributed by atoms with van der Waals surface area (Å²) in [6.07, 6.45) is 3.05. The predicted octanol–water partition coefficient (Wildman–Crippen LogP) is 0.134. The Morgan fingerprint density at radius 1 is 0.603 bits per heavy atom. The molecule has 376 valence electrons. The third-order valence-electron chi connectivity index (χ3n) is 11.6. The molecule has 0 saturated heterocycles. The van der Waals surface area contributed by atoms with E-state index in [1.807, 2.05) is 33.8 Å². The van der Waals surface area contributed by atoms with E-state index in [-0.39, 0.29) is 55.8 Å². The van der Waals surface area contributed by atoms with Crippen molar-refractivity contribution in [2.75, 3.05) is 19.6 Å². The van der Waals surface area contributed by atoms with Gasteiger partial charge in [-0.15, -0.1) is 0 Å². The van der Waals surface area contributed by atoms with Gasteiger partial charge in [0.25, 0.3) is 0 Å². The van der Waals surface area contributed by atoms with Crippen LogP contribution >= 0.6 is 0 Å². The lowest BCUT2D eigenvalue weighted by Gasteiger charge is -2.29. The first-order valence-corrected chi connectivity index (χ1v) is 23.5. The number of nitrogens with two attached hydrogens (primary N) is 5. The first-order valence-electron chi connectivity index (χ1n) is 23.5. The molecule has 0 unspecified atom stereocenters. The molecule has 0 heterocycles. The molecule has 0 fully saturated rings. The van der Waals surface area contributed by atoms with Crippen molar-refractivity contribution < 1.29 is 38.4 Å². The first kappa shape index (κ1) is 57.7. The van der Waals surface area contributed by atoms with Gasteiger partial charge in [0.15, 0.2) is 11.7 Å². The zero-order valence-electron chi connectivity index (χ0n) is 40.5. The molecule has 0 saturated carbocycles. The Hall–Kier alpha value is -6.41. The van der Waals surface area contributed by atoms with Crippen LogP contribution in [0, 0.1) is 17.8 Å². The van der Waals surface area contributed by atoms with Gasteiger partial charge in [-0.05, 0) is 68.4 Å². The van der Waals surface area contributed by atoms with Crippen LogP contribution in [0.3, 0.4) is 0 Å². The number of guanidine groups is 1. The minimum Gasteiger partial charge on any atom is -0.370 e. The Morgan fingerprint density at radius 3 is 1.72 bits per heavy atom. The number of unbranched alkanes of at least 4 members (excludes halogenated alkanes) is 1. The minimum absolute atomic E-state index is 0.0208. The van der Waals surface area contributed by atoms with Crippen LogP contribution in [0.25, 0.3) is 0 Å². The number of nitrogens with zero attached hydrogens (tertiary/aromatic N) is 1. The molecule has 2 aromatic carbocycles. The Morgan fingerprint density at radius 2 is 1.16 bits per heavy atom. The van der Waals surface area contributed by atoms with Crippen LogP contribution in [0.1, 0.15) is 114 Å². The van der Waals surface area contributed by atoms with Gasteiger partial charge in [0.1, 0.15) is 30.2 Å². The summed E-state index contributed by atoms with van der Waals surface area (Å²) in [5.41, 5.74) is 29.9. The van der Waals surface area contributed by atoms with Crippen molar-refractivity contribution in [2.24, 2.45) is 51.4 Å². The molecular weight excluding hydrogens is 873 g/mol. The van der Waals surface area contributed by atoms with Crippen molar-refractivity contribution in [3.05, 3.63) is 71.3 Å². The van der Waals surface area contributed by atoms with Crippen LogP contribution in [0.15, 0.2) is 59.6 Å². The summed E-state index contributed by atoms with van der Waals surface area (Å²) in [5.74, 6) is -5.76. The zero-order chi connectivity index (χ0) is 50.9. The SMILES string of the molecule is CC[C@H](C)[C@H](NC(=O)[C@H](CCCCN)NC(=O)[C@@H](NC(=O)[C@@H](N)CCCN=C(N)N)[C@@H](C)CC)C(=O)NCC(=O)N[C@@H](CC(C)C)C(=O)N[C@@H](Cc1ccc(C(=O)c2ccccc2)cc1)C(N)=O. The monoisotopic (exact) mass is 949 g/mol. The van der Waals surface area contributed by atoms with E-state index in [0.29, 0.717) is 55.3 Å². The van der Waals surface area contributed by atoms with E-state index in [4.69, 9.17) is 28.7 Å². The van der Waals surface area contributed by atoms with Crippen LogP contribution in [0.4, 0.5) is 0 Å². The van der Waals surface area contributed by atoms with E-state index in [1.165, 1.54) is 0 Å². The molecule has 68 heavy (non-hydrogen) atoms. The molecule has 2 aromatic rings. The molecule has 20 nitrogen and oxygen atoms in total. The van der Waals surface area contributed by atoms with E-state index in [2.05, 4.69) is 36.9 Å². The molecular formula is C48H76N12O8. The highest BCUT2D eigenvalue weighted by molar-refractivity contribution is 6.09. The van der Waals surface area contributed by atoms with Gasteiger partial charge in [-0.3, -0.25) is 43.3 Å². The van der Waals surface area contributed by atoms with Crippen LogP contribution in [-0.2, 0) is 40.0 Å². The van der Waals surface area contributed by atoms with Gasteiger partial charge >= 0.3 is 0 Å². The maximum absolute atomic E-state index is 14.0. The fourth-order valence-electron chi connectivity index (χ4n) is 7.10. The zero-order valence-corrected chi connectivity index (χ0v) is 40.5. The third-order valence-corrected chi connectivity index (χ3v) is 11.6. The van der Waals surface area contributed by atoms with E-state index >= 15 is 0 Å². The number of rotatable bonds is 31. The largest absolute Gasteiger partial charge is 0.370 e. The Bertz CT molecular complexity index is 1990. The van der Waals surface area contributed by atoms with Gasteiger partial charge in [0.05, 0.1) is 12.6 Å². The smallest absolute Gasteiger partial charge is 0.243 e. The fourth-order valence-corrected chi connectivity index (χ4v) is 7.10. The summed E-state index contributed by atoms with van der Waals surface area (Å²) < 4.78 is 0. The summed E-state index contributed by atoms with van der Waals surface area (Å²) in [6.45, 7) is 11.0. The van der Waals surface area contributed by atoms with Crippen molar-refractivity contribution >= 4 is 53.1 Å². The van der Waals surface area contributed by atoms with Gasteiger partial charge in [-0.1, -0.05) is 109 Å². The van der Waals surface area contributed by atoms with Gasteiger partial charge < -0.3 is 60.6 Å². The van der Waals surface area contributed by atoms with E-state index in [1.54, 1.807) is 62.4 Å². The maximum atomic E-state index is 14.0. The molecule has 8 atom stereocenters. The number of benzene rings is 2. The lowest BCUT2D eigenvalue weighted by molar-refractivity contribution is -0.135. The van der Waals surface area contributed by atoms with Crippen LogP contribution in [0.5, 0.6) is 0 Å². The fraction of sp³-hybridized carbons (Fsp3) is 0.562. The lowest BCUT2D eigenvalue weighted by atomic mass is 9.96. The number of hydrogen-bond acceptors (Lipinski definition) is 11. The van der Waals surface area contributed by atoms with Crippen LogP contribution in [-0.4, -0.2) is 109 Å². The summed E-state index contributed by atoms with van der Waals surface area (Å²) in [5, 5.41) is 16.1. The standard InChI is InChI=1S/C48H76N12O8/c1-7-29(5)39(60-44(65)35(18-12-13-23-49)57-47(68)40(30(6)8-2)59-43(64)34(50)17-14-24-54-48(52)53)46(67)55-27-38(61)56-37(25-28(3)4)45(66)58-36(42(51)63)26-31-19-21-33(22-20-31)41(62)32-15-10-9-11-16-32/h9-11,15-16,19-22,28-30,34-37,39-40H,7-8,12-14,17-18,23-27,49-50H2,1-6H3,(H2,51,63)(H,55,67)(H,56,61)(H,57,68)(H,58,66)(H,59,64)(H,60,65)(H4,52,53,54)/t29-,30-,34-,35-,36-,37-,39-,40-/m0/s1. The second-order valence-electron chi connectivity index (χ2n) is 17.7. The summed E-state index contributed by atoms with van der Waals surface area (Å²) in [6, 6.07) is 8.90. The summed E-state index contributed by atoms with van der Waals surface area (Å²) in [7, 11) is 0. The van der Waals surface area contributed by atoms with Crippen molar-refractivity contribution in [1.82, 2.24) is 31.9 Å². The number of ketones is 1. The normalized spacial score (nSPS) is 14.6. The van der Waals surface area contributed by atoms with Crippen molar-refractivity contribution in [2.45, 2.75) is 136 Å². The lowest BCUT2D eigenvalue weighted by Crippen LogP contribution is -2.60. The van der Waals surface area contributed by atoms with E-state index in [9.17, 15) is 38.4 Å². The molecule has 0 aliphatic rings. The molecule has 0 spiro atoms. The highest BCUT2D eigenvalue weighted by Gasteiger charge is 2.34. The number of amides is 7. The highest BCUT2D eigenvalue weighted by Crippen LogP contribution is 2.15. The molecule has 0 aromatic heterocycles. The molecule has 0 aliphatic carbocycles. The molecule has 2 rings (SSSR count). The number of nitrogens with one attached hydrogen (secondary N) is 6. The molecule has 16 N–H and O–H groups in total. The Balaban J connectivity index is 2.15. The molecule has 0 radical (unpaired) electrons. The molecule has 7 amide bonds. The molecule has 20 heteroatoms. The van der Waals surface area contributed by atoms with Crippen molar-refractivity contribution in [1.29, 1.82) is 0 Å². The Kier molecular flexibility index (Phi) is 25.5. The quantitative estimate of drug-likeness (QED) is 0.0208. The average molecular weight is 949 g/mol. The first-order chi connectivity index (χ1) is 32.2. The minimum atomic E-state index is -1.15. The van der Waals surface area contributed by atoms with Crippen molar-refractivity contribution in [3.63, 3.8) is 0 Å². The third kappa shape index (κ3) is 20.2. The van der Waals surface area contributed by atoms with Gasteiger partial charge in [-0.2, -0.15) is 0 Å². The maximum Gasteiger partial charge on any atom is 0.243 e. The van der Waals surface area contributed by atoms with Gasteiger partial charge in [0, 0.05) is 24.1 Å². The van der Waals surface area contributed by atoms with Crippen LogP contribution in [0.2, 0.25) is 0 Å². The average Bonchev–Trinajstić information content (AvgIpc) is 3.31. The molecule has 0 bridgehead atoms. The predicted molar refractivity (Wildman–Crippen MR) is 261 cm³/mol. The number of aliphatic imine (C=N–C) groups is 1. The second-order valence-corrected chi connectivity index (χ2v) is 17.7. The number of primary amides is 1. The van der Waals surface area contributed by atoms with Gasteiger partial charge in [0.2, 0.25) is 41.4 Å². The van der Waals surface area contributed by atoms with E-state index in [0.717, 1.165) is 0 Å². The number of carbonyl (C=O) groups excluding carboxylic acids is 8. The molecule has 0 aliphatic heterocycles. The van der Waals surface area contributed by atoms with Crippen molar-refractivity contribution in [3.8, 4) is 0 Å². The van der Waals surface area contributed by atoms with E-state index < -0.39 is 90.1 Å². The number of hydrogen-bond donors (Lipinski definition) is 11. The van der Waals surface area contributed by atoms with Crippen LogP contribution < -0.4 is 60.6 Å². The topological polar surface area (TPSA) is 351 Å². The second kappa shape index (κ2) is 30.1.